The molecule has 1 aliphatic heterocycles. The fourth-order valence-electron chi connectivity index (χ4n) is 3.80. The van der Waals surface area contributed by atoms with E-state index in [1.165, 1.54) is 13.0 Å². The molecule has 3 atom stereocenters. The standard InChI is InChI=1S/C22H18F5N5O3S/c1-12-16(24)8-18(32(12)36(34,35)15-5-3-14(23)4-6-15)21(33)31-20-9-17(29-11-30-20)13-2-7-19(28-10-13)22(25,26)27/h2-7,9-12,16,18H,8H2,1H3,(H,29,30,31,33)/t12-,16+,18-/m0/s1. The molecular formula is C22H18F5N5O3S. The fourth-order valence-corrected chi connectivity index (χ4v) is 5.61. The lowest BCUT2D eigenvalue weighted by molar-refractivity contribution is -0.141. The predicted molar refractivity (Wildman–Crippen MR) is 117 cm³/mol. The first-order chi connectivity index (χ1) is 16.9. The summed E-state index contributed by atoms with van der Waals surface area (Å²) in [5.41, 5.74) is -0.743. The summed E-state index contributed by atoms with van der Waals surface area (Å²) in [5, 5.41) is 2.41. The first-order valence-corrected chi connectivity index (χ1v) is 11.9. The summed E-state index contributed by atoms with van der Waals surface area (Å²) in [6, 6.07) is 4.49. The van der Waals surface area contributed by atoms with Crippen molar-refractivity contribution in [3.05, 3.63) is 66.5 Å². The monoisotopic (exact) mass is 527 g/mol. The Morgan fingerprint density at radius 1 is 1.08 bits per heavy atom. The molecule has 0 unspecified atom stereocenters. The molecule has 4 rings (SSSR count). The van der Waals surface area contributed by atoms with Gasteiger partial charge in [0.15, 0.2) is 0 Å². The minimum atomic E-state index is -4.61. The van der Waals surface area contributed by atoms with Gasteiger partial charge in [0.2, 0.25) is 15.9 Å². The van der Waals surface area contributed by atoms with Crippen LogP contribution in [-0.4, -0.2) is 51.8 Å². The molecular weight excluding hydrogens is 509 g/mol. The van der Waals surface area contributed by atoms with Crippen LogP contribution < -0.4 is 5.32 Å². The molecule has 1 aromatic carbocycles. The third-order valence-electron chi connectivity index (χ3n) is 5.64. The van der Waals surface area contributed by atoms with Gasteiger partial charge in [0.1, 0.15) is 35.9 Å². The maximum absolute atomic E-state index is 14.6. The second-order valence-electron chi connectivity index (χ2n) is 8.00. The van der Waals surface area contributed by atoms with E-state index in [1.807, 2.05) is 0 Å². The van der Waals surface area contributed by atoms with Crippen LogP contribution >= 0.6 is 0 Å². The van der Waals surface area contributed by atoms with Crippen molar-refractivity contribution in [2.24, 2.45) is 0 Å². The van der Waals surface area contributed by atoms with Crippen molar-refractivity contribution >= 4 is 21.7 Å². The van der Waals surface area contributed by atoms with Crippen LogP contribution in [0.1, 0.15) is 19.0 Å². The van der Waals surface area contributed by atoms with Crippen LogP contribution in [0.25, 0.3) is 11.3 Å². The molecule has 1 saturated heterocycles. The predicted octanol–water partition coefficient (Wildman–Crippen LogP) is 3.82. The van der Waals surface area contributed by atoms with Crippen LogP contribution in [-0.2, 0) is 21.0 Å². The summed E-state index contributed by atoms with van der Waals surface area (Å²) in [6.07, 6.45) is -4.68. The molecule has 1 N–H and O–H groups in total. The summed E-state index contributed by atoms with van der Waals surface area (Å²) in [6.45, 7) is 1.32. The number of anilines is 1. The maximum atomic E-state index is 14.6. The van der Waals surface area contributed by atoms with Gasteiger partial charge in [0.05, 0.1) is 16.6 Å². The van der Waals surface area contributed by atoms with Gasteiger partial charge in [0.25, 0.3) is 0 Å². The molecule has 1 amide bonds. The molecule has 8 nitrogen and oxygen atoms in total. The number of rotatable bonds is 5. The Hall–Kier alpha value is -3.52. The number of amides is 1. The highest BCUT2D eigenvalue weighted by Gasteiger charge is 2.49. The number of hydrogen-bond acceptors (Lipinski definition) is 6. The minimum absolute atomic E-state index is 0.0843. The number of aromatic nitrogens is 3. The second kappa shape index (κ2) is 9.50. The topological polar surface area (TPSA) is 105 Å². The van der Waals surface area contributed by atoms with E-state index in [2.05, 4.69) is 20.3 Å². The van der Waals surface area contributed by atoms with Crippen molar-refractivity contribution in [3.63, 3.8) is 0 Å². The number of alkyl halides is 4. The van der Waals surface area contributed by atoms with Crippen molar-refractivity contribution in [2.45, 2.75) is 42.7 Å². The van der Waals surface area contributed by atoms with Gasteiger partial charge in [-0.05, 0) is 43.3 Å². The van der Waals surface area contributed by atoms with Gasteiger partial charge in [-0.2, -0.15) is 17.5 Å². The van der Waals surface area contributed by atoms with Gasteiger partial charge in [-0.15, -0.1) is 0 Å². The number of nitrogens with one attached hydrogen (secondary N) is 1. The van der Waals surface area contributed by atoms with Gasteiger partial charge < -0.3 is 5.32 Å². The van der Waals surface area contributed by atoms with Crippen molar-refractivity contribution in [3.8, 4) is 11.3 Å². The van der Waals surface area contributed by atoms with E-state index in [0.717, 1.165) is 53.2 Å². The van der Waals surface area contributed by atoms with Crippen molar-refractivity contribution in [1.82, 2.24) is 19.3 Å². The first-order valence-electron chi connectivity index (χ1n) is 10.5. The number of sulfonamides is 1. The number of benzene rings is 1. The number of halogens is 5. The Kier molecular flexibility index (Phi) is 6.75. The van der Waals surface area contributed by atoms with E-state index in [-0.39, 0.29) is 22.0 Å². The molecule has 2 aromatic heterocycles. The van der Waals surface area contributed by atoms with E-state index in [0.29, 0.717) is 0 Å². The Morgan fingerprint density at radius 2 is 1.78 bits per heavy atom. The number of carbonyl (C=O) groups is 1. The Labute approximate surface area is 202 Å². The molecule has 0 aliphatic carbocycles. The lowest BCUT2D eigenvalue weighted by Gasteiger charge is -2.26. The molecule has 3 heterocycles. The van der Waals surface area contributed by atoms with E-state index in [1.54, 1.807) is 0 Å². The van der Waals surface area contributed by atoms with Crippen molar-refractivity contribution < 1.29 is 35.2 Å². The summed E-state index contributed by atoms with van der Waals surface area (Å²) in [7, 11) is -4.36. The largest absolute Gasteiger partial charge is 0.433 e. The van der Waals surface area contributed by atoms with Crippen LogP contribution in [0.2, 0.25) is 0 Å². The van der Waals surface area contributed by atoms with Gasteiger partial charge >= 0.3 is 6.18 Å². The van der Waals surface area contributed by atoms with E-state index < -0.39 is 58.3 Å². The van der Waals surface area contributed by atoms with Crippen molar-refractivity contribution in [2.75, 3.05) is 5.32 Å². The van der Waals surface area contributed by atoms with E-state index in [9.17, 15) is 35.2 Å². The van der Waals surface area contributed by atoms with E-state index >= 15 is 0 Å². The smallest absolute Gasteiger partial charge is 0.309 e. The maximum Gasteiger partial charge on any atom is 0.433 e. The molecule has 190 valence electrons. The Bertz CT molecular complexity index is 1370. The zero-order valence-corrected chi connectivity index (χ0v) is 19.3. The molecule has 0 saturated carbocycles. The highest BCUT2D eigenvalue weighted by Crippen LogP contribution is 2.34. The SMILES string of the molecule is C[C@H]1[C@H](F)C[C@@H](C(=O)Nc2cc(-c3ccc(C(F)(F)F)nc3)ncn2)N1S(=O)(=O)c1ccc(F)cc1. The molecule has 36 heavy (non-hydrogen) atoms. The van der Waals surface area contributed by atoms with Crippen LogP contribution in [0.3, 0.4) is 0 Å². The quantitative estimate of drug-likeness (QED) is 0.506. The number of nitrogens with zero attached hydrogens (tertiary/aromatic N) is 4. The van der Waals surface area contributed by atoms with Crippen LogP contribution in [0.4, 0.5) is 27.8 Å². The minimum Gasteiger partial charge on any atom is -0.309 e. The molecule has 0 radical (unpaired) electrons. The molecule has 0 bridgehead atoms. The summed E-state index contributed by atoms with van der Waals surface area (Å²) in [5.74, 6) is -1.62. The lowest BCUT2D eigenvalue weighted by Crippen LogP contribution is -2.46. The third kappa shape index (κ3) is 5.04. The average molecular weight is 527 g/mol. The summed E-state index contributed by atoms with van der Waals surface area (Å²) in [4.78, 5) is 23.9. The Morgan fingerprint density at radius 3 is 2.39 bits per heavy atom. The Balaban J connectivity index is 1.57. The highest BCUT2D eigenvalue weighted by atomic mass is 32.2. The van der Waals surface area contributed by atoms with E-state index in [4.69, 9.17) is 0 Å². The summed E-state index contributed by atoms with van der Waals surface area (Å²) >= 11 is 0. The molecule has 0 spiro atoms. The second-order valence-corrected chi connectivity index (χ2v) is 9.85. The van der Waals surface area contributed by atoms with Crippen LogP contribution in [0.5, 0.6) is 0 Å². The zero-order chi connectivity index (χ0) is 26.3. The van der Waals surface area contributed by atoms with Crippen molar-refractivity contribution in [1.29, 1.82) is 0 Å². The van der Waals surface area contributed by atoms with Gasteiger partial charge in [-0.25, -0.2) is 27.2 Å². The third-order valence-corrected chi connectivity index (χ3v) is 7.65. The number of pyridine rings is 1. The zero-order valence-electron chi connectivity index (χ0n) is 18.4. The van der Waals surface area contributed by atoms with Crippen LogP contribution in [0, 0.1) is 5.82 Å². The fraction of sp³-hybridized carbons (Fsp3) is 0.273. The summed E-state index contributed by atoms with van der Waals surface area (Å²) < 4.78 is 93.1. The number of carbonyl (C=O) groups excluding carboxylic acids is 1. The van der Waals surface area contributed by atoms with Gasteiger partial charge in [-0.3, -0.25) is 9.78 Å². The van der Waals surface area contributed by atoms with Gasteiger partial charge in [0, 0.05) is 24.2 Å². The van der Waals surface area contributed by atoms with Gasteiger partial charge in [-0.1, -0.05) is 0 Å². The molecule has 3 aromatic rings. The molecule has 14 heteroatoms. The van der Waals surface area contributed by atoms with Crippen LogP contribution in [0.15, 0.2) is 59.9 Å². The number of hydrogen-bond donors (Lipinski definition) is 1. The molecule has 1 fully saturated rings. The lowest BCUT2D eigenvalue weighted by atomic mass is 10.1. The molecule has 1 aliphatic rings. The highest BCUT2D eigenvalue weighted by molar-refractivity contribution is 7.89. The first kappa shape index (κ1) is 25.6. The normalized spacial score (nSPS) is 20.9. The average Bonchev–Trinajstić information content (AvgIpc) is 3.14.